The molecule has 0 saturated carbocycles. The summed E-state index contributed by atoms with van der Waals surface area (Å²) in [6.07, 6.45) is 3.29. The normalized spacial score (nSPS) is 10.7. The molecule has 0 unspecified atom stereocenters. The molecule has 0 saturated heterocycles. The quantitative estimate of drug-likeness (QED) is 0.717. The third kappa shape index (κ3) is 1.67. The number of fused-ring (bicyclic) bond motifs is 1. The molecular formula is C12H10N4OS. The third-order valence-electron chi connectivity index (χ3n) is 2.70. The first kappa shape index (κ1) is 10.9. The van der Waals surface area contributed by atoms with E-state index in [0.717, 1.165) is 22.5 Å². The predicted molar refractivity (Wildman–Crippen MR) is 70.6 cm³/mol. The second-order valence-electron chi connectivity index (χ2n) is 3.72. The third-order valence-corrected chi connectivity index (χ3v) is 3.03. The van der Waals surface area contributed by atoms with Gasteiger partial charge in [0.2, 0.25) is 0 Å². The van der Waals surface area contributed by atoms with Gasteiger partial charge in [0, 0.05) is 0 Å². The molecule has 0 aliphatic heterocycles. The average Bonchev–Trinajstić information content (AvgIpc) is 2.84. The Morgan fingerprint density at radius 3 is 2.78 bits per heavy atom. The molecule has 0 bridgehead atoms. The van der Waals surface area contributed by atoms with Crippen LogP contribution in [0.3, 0.4) is 0 Å². The number of aromatic nitrogens is 4. The van der Waals surface area contributed by atoms with Crippen LogP contribution in [-0.4, -0.2) is 26.9 Å². The van der Waals surface area contributed by atoms with Crippen molar-refractivity contribution >= 4 is 23.3 Å². The van der Waals surface area contributed by atoms with Crippen LogP contribution in [0.2, 0.25) is 0 Å². The minimum Gasteiger partial charge on any atom is -0.497 e. The Hall–Kier alpha value is -2.21. The van der Waals surface area contributed by atoms with E-state index in [4.69, 9.17) is 17.0 Å². The van der Waals surface area contributed by atoms with Crippen LogP contribution in [0.4, 0.5) is 0 Å². The van der Waals surface area contributed by atoms with Crippen LogP contribution < -0.4 is 4.74 Å². The first-order valence-corrected chi connectivity index (χ1v) is 5.76. The van der Waals surface area contributed by atoms with E-state index >= 15 is 0 Å². The van der Waals surface area contributed by atoms with Gasteiger partial charge in [0.05, 0.1) is 30.7 Å². The minimum absolute atomic E-state index is 0.545. The van der Waals surface area contributed by atoms with Crippen LogP contribution in [0, 0.1) is 4.64 Å². The molecule has 6 heteroatoms. The molecule has 0 amide bonds. The molecule has 0 atom stereocenters. The van der Waals surface area contributed by atoms with Crippen molar-refractivity contribution in [3.63, 3.8) is 0 Å². The van der Waals surface area contributed by atoms with E-state index < -0.39 is 0 Å². The van der Waals surface area contributed by atoms with Crippen molar-refractivity contribution in [2.45, 2.75) is 0 Å². The van der Waals surface area contributed by atoms with Gasteiger partial charge in [0.15, 0.2) is 0 Å². The van der Waals surface area contributed by atoms with Crippen LogP contribution >= 0.6 is 12.2 Å². The summed E-state index contributed by atoms with van der Waals surface area (Å²) in [7, 11) is 1.64. The number of rotatable bonds is 2. The molecule has 0 spiro atoms. The number of H-pyrrole nitrogens is 1. The summed E-state index contributed by atoms with van der Waals surface area (Å²) in [4.78, 5) is 7.09. The average molecular weight is 258 g/mol. The maximum absolute atomic E-state index is 5.15. The van der Waals surface area contributed by atoms with Crippen molar-refractivity contribution in [3.8, 4) is 11.4 Å². The van der Waals surface area contributed by atoms with E-state index in [1.54, 1.807) is 24.3 Å². The summed E-state index contributed by atoms with van der Waals surface area (Å²) in [5, 5.41) is 5.16. The molecule has 18 heavy (non-hydrogen) atoms. The lowest BCUT2D eigenvalue weighted by Gasteiger charge is -2.04. The maximum Gasteiger partial charge on any atom is 0.145 e. The number of hydrogen-bond acceptors (Lipinski definition) is 4. The number of ether oxygens (including phenoxy) is 1. The van der Waals surface area contributed by atoms with Gasteiger partial charge in [-0.05, 0) is 24.3 Å². The van der Waals surface area contributed by atoms with Gasteiger partial charge < -0.3 is 9.72 Å². The zero-order valence-electron chi connectivity index (χ0n) is 9.62. The molecule has 1 aromatic carbocycles. The number of hydrogen-bond donors (Lipinski definition) is 1. The Morgan fingerprint density at radius 1 is 1.28 bits per heavy atom. The standard InChI is InChI=1S/C12H10N4OS/c1-17-9-4-2-8(3-5-9)16-11-10(6-15-16)12(18)14-7-13-11/h2-7H,1H3,(H,13,14,18). The number of aromatic amines is 1. The number of benzene rings is 1. The lowest BCUT2D eigenvalue weighted by atomic mass is 10.3. The monoisotopic (exact) mass is 258 g/mol. The van der Waals surface area contributed by atoms with E-state index in [9.17, 15) is 0 Å². The van der Waals surface area contributed by atoms with Crippen molar-refractivity contribution < 1.29 is 4.74 Å². The van der Waals surface area contributed by atoms with Gasteiger partial charge in [0.25, 0.3) is 0 Å². The molecule has 0 fully saturated rings. The number of nitrogens with zero attached hydrogens (tertiary/aromatic N) is 3. The van der Waals surface area contributed by atoms with Gasteiger partial charge in [-0.2, -0.15) is 5.10 Å². The van der Waals surface area contributed by atoms with Gasteiger partial charge in [-0.25, -0.2) is 9.67 Å². The molecule has 90 valence electrons. The SMILES string of the molecule is COc1ccc(-n2ncc3c(=S)nc[nH]c32)cc1. The Kier molecular flexibility index (Phi) is 2.56. The van der Waals surface area contributed by atoms with Crippen molar-refractivity contribution in [1.29, 1.82) is 0 Å². The van der Waals surface area contributed by atoms with Crippen molar-refractivity contribution in [2.24, 2.45) is 0 Å². The zero-order chi connectivity index (χ0) is 12.5. The van der Waals surface area contributed by atoms with E-state index in [1.807, 2.05) is 24.3 Å². The van der Waals surface area contributed by atoms with Gasteiger partial charge in [-0.1, -0.05) is 12.2 Å². The fourth-order valence-electron chi connectivity index (χ4n) is 1.78. The van der Waals surface area contributed by atoms with Gasteiger partial charge in [0.1, 0.15) is 16.0 Å². The lowest BCUT2D eigenvalue weighted by molar-refractivity contribution is 0.414. The van der Waals surface area contributed by atoms with Crippen LogP contribution in [-0.2, 0) is 0 Å². The molecule has 2 heterocycles. The molecule has 3 rings (SSSR count). The minimum atomic E-state index is 0.545. The summed E-state index contributed by atoms with van der Waals surface area (Å²) in [6, 6.07) is 7.64. The second kappa shape index (κ2) is 4.23. The Labute approximate surface area is 108 Å². The fraction of sp³-hybridized carbons (Fsp3) is 0.0833. The van der Waals surface area contributed by atoms with Gasteiger partial charge >= 0.3 is 0 Å². The number of methoxy groups -OCH3 is 1. The smallest absolute Gasteiger partial charge is 0.145 e. The Bertz CT molecular complexity index is 745. The van der Waals surface area contributed by atoms with Crippen LogP contribution in [0.25, 0.3) is 16.7 Å². The topological polar surface area (TPSA) is 55.7 Å². The highest BCUT2D eigenvalue weighted by Crippen LogP contribution is 2.18. The predicted octanol–water partition coefficient (Wildman–Crippen LogP) is 2.49. The zero-order valence-corrected chi connectivity index (χ0v) is 10.4. The van der Waals surface area contributed by atoms with E-state index in [2.05, 4.69) is 15.1 Å². The van der Waals surface area contributed by atoms with Crippen molar-refractivity contribution in [2.75, 3.05) is 7.11 Å². The maximum atomic E-state index is 5.15. The molecular weight excluding hydrogens is 248 g/mol. The highest BCUT2D eigenvalue weighted by molar-refractivity contribution is 7.71. The summed E-state index contributed by atoms with van der Waals surface area (Å²) < 4.78 is 7.46. The summed E-state index contributed by atoms with van der Waals surface area (Å²) in [5.74, 6) is 0.810. The first-order valence-electron chi connectivity index (χ1n) is 5.35. The van der Waals surface area contributed by atoms with Crippen LogP contribution in [0.1, 0.15) is 0 Å². The lowest BCUT2D eigenvalue weighted by Crippen LogP contribution is -1.97. The highest BCUT2D eigenvalue weighted by atomic mass is 32.1. The van der Waals surface area contributed by atoms with Crippen molar-refractivity contribution in [3.05, 3.63) is 41.4 Å². The summed E-state index contributed by atoms with van der Waals surface area (Å²) >= 11 is 5.15. The first-order chi connectivity index (χ1) is 8.79. The van der Waals surface area contributed by atoms with E-state index in [1.165, 1.54) is 0 Å². The largest absolute Gasteiger partial charge is 0.497 e. The molecule has 0 aliphatic rings. The summed E-state index contributed by atoms with van der Waals surface area (Å²) in [5.41, 5.74) is 1.77. The Balaban J connectivity index is 2.19. The van der Waals surface area contributed by atoms with Crippen molar-refractivity contribution in [1.82, 2.24) is 19.7 Å². The molecule has 0 radical (unpaired) electrons. The van der Waals surface area contributed by atoms with Gasteiger partial charge in [-0.15, -0.1) is 0 Å². The summed E-state index contributed by atoms with van der Waals surface area (Å²) in [6.45, 7) is 0. The second-order valence-corrected chi connectivity index (χ2v) is 4.11. The van der Waals surface area contributed by atoms with Gasteiger partial charge in [-0.3, -0.25) is 0 Å². The molecule has 3 aromatic rings. The highest BCUT2D eigenvalue weighted by Gasteiger charge is 2.06. The fourth-order valence-corrected chi connectivity index (χ4v) is 1.99. The van der Waals surface area contributed by atoms with Crippen LogP contribution in [0.15, 0.2) is 36.8 Å². The molecule has 1 N–H and O–H groups in total. The molecule has 0 aliphatic carbocycles. The number of nitrogens with one attached hydrogen (secondary N) is 1. The molecule has 5 nitrogen and oxygen atoms in total. The Morgan fingerprint density at radius 2 is 2.06 bits per heavy atom. The van der Waals surface area contributed by atoms with E-state index in [0.29, 0.717) is 4.64 Å². The molecule has 2 aromatic heterocycles. The van der Waals surface area contributed by atoms with Crippen LogP contribution in [0.5, 0.6) is 5.75 Å². The van der Waals surface area contributed by atoms with E-state index in [-0.39, 0.29) is 0 Å².